The molecule has 0 atom stereocenters. The summed E-state index contributed by atoms with van der Waals surface area (Å²) in [5, 5.41) is 3.82. The highest BCUT2D eigenvalue weighted by Crippen LogP contribution is 2.37. The van der Waals surface area contributed by atoms with Gasteiger partial charge in [-0.2, -0.15) is 0 Å². The van der Waals surface area contributed by atoms with E-state index in [-0.39, 0.29) is 10.8 Å². The lowest BCUT2D eigenvalue weighted by molar-refractivity contribution is 0.0849. The first-order chi connectivity index (χ1) is 16.4. The number of carbonyl (C=O) groups excluding carboxylic acids is 3. The van der Waals surface area contributed by atoms with E-state index in [1.807, 2.05) is 19.1 Å². The Morgan fingerprint density at radius 3 is 2.12 bits per heavy atom. The van der Waals surface area contributed by atoms with E-state index in [0.29, 0.717) is 27.6 Å². The van der Waals surface area contributed by atoms with Crippen LogP contribution in [0.15, 0.2) is 66.7 Å². The highest BCUT2D eigenvalue weighted by molar-refractivity contribution is 7.21. The number of amides is 3. The third kappa shape index (κ3) is 5.03. The molecule has 172 valence electrons. The van der Waals surface area contributed by atoms with Gasteiger partial charge < -0.3 is 10.1 Å². The number of hydrogen-bond donors (Lipinski definition) is 3. The zero-order valence-electron chi connectivity index (χ0n) is 18.3. The van der Waals surface area contributed by atoms with Gasteiger partial charge in [-0.05, 0) is 61.5 Å². The fourth-order valence-electron chi connectivity index (χ4n) is 3.17. The van der Waals surface area contributed by atoms with E-state index in [9.17, 15) is 14.4 Å². The third-order valence-corrected chi connectivity index (χ3v) is 6.71. The van der Waals surface area contributed by atoms with E-state index in [0.717, 1.165) is 15.6 Å². The predicted molar refractivity (Wildman–Crippen MR) is 134 cm³/mol. The van der Waals surface area contributed by atoms with E-state index in [1.165, 1.54) is 11.3 Å². The second kappa shape index (κ2) is 9.94. The van der Waals surface area contributed by atoms with Crippen LogP contribution in [-0.2, 0) is 0 Å². The molecule has 0 aliphatic carbocycles. The summed E-state index contributed by atoms with van der Waals surface area (Å²) < 4.78 is 5.99. The maximum Gasteiger partial charge on any atom is 0.281 e. The van der Waals surface area contributed by atoms with Gasteiger partial charge in [0.05, 0.1) is 12.1 Å². The number of fused-ring (bicyclic) bond motifs is 1. The number of anilines is 1. The normalized spacial score (nSPS) is 10.6. The molecule has 0 radical (unpaired) electrons. The number of ether oxygens (including phenoxy) is 1. The Labute approximate surface area is 204 Å². The summed E-state index contributed by atoms with van der Waals surface area (Å²) in [6.45, 7) is 1.95. The smallest absolute Gasteiger partial charge is 0.281 e. The molecular weight excluding hydrogens is 474 g/mol. The molecule has 0 bridgehead atoms. The van der Waals surface area contributed by atoms with E-state index >= 15 is 0 Å². The SMILES string of the molecule is COc1ccc2c(Cl)c(C(=O)NNC(=O)c3ccc(NC(=O)c4ccc(C)cc4)cc3)sc2c1. The fraction of sp³-hybridized carbons (Fsp3) is 0.0800. The van der Waals surface area contributed by atoms with Crippen molar-refractivity contribution in [2.75, 3.05) is 12.4 Å². The molecule has 4 rings (SSSR count). The number of hydrogen-bond acceptors (Lipinski definition) is 5. The Bertz CT molecular complexity index is 1380. The van der Waals surface area contributed by atoms with Crippen molar-refractivity contribution in [1.29, 1.82) is 0 Å². The van der Waals surface area contributed by atoms with Crippen molar-refractivity contribution in [3.63, 3.8) is 0 Å². The highest BCUT2D eigenvalue weighted by atomic mass is 35.5. The van der Waals surface area contributed by atoms with Gasteiger partial charge in [0.1, 0.15) is 10.6 Å². The van der Waals surface area contributed by atoms with Gasteiger partial charge in [-0.25, -0.2) is 0 Å². The number of aryl methyl sites for hydroxylation is 1. The van der Waals surface area contributed by atoms with Crippen LogP contribution < -0.4 is 20.9 Å². The summed E-state index contributed by atoms with van der Waals surface area (Å²) in [7, 11) is 1.56. The van der Waals surface area contributed by atoms with Crippen LogP contribution in [0.3, 0.4) is 0 Å². The van der Waals surface area contributed by atoms with Crippen LogP contribution >= 0.6 is 22.9 Å². The quantitative estimate of drug-likeness (QED) is 0.333. The number of carbonyl (C=O) groups is 3. The van der Waals surface area contributed by atoms with E-state index < -0.39 is 11.8 Å². The summed E-state index contributed by atoms with van der Waals surface area (Å²) in [6.07, 6.45) is 0. The van der Waals surface area contributed by atoms with Gasteiger partial charge in [-0.1, -0.05) is 29.3 Å². The number of benzene rings is 3. The lowest BCUT2D eigenvalue weighted by atomic mass is 10.1. The summed E-state index contributed by atoms with van der Waals surface area (Å²) in [5.41, 5.74) is 7.21. The Kier molecular flexibility index (Phi) is 6.81. The third-order valence-electron chi connectivity index (χ3n) is 5.05. The number of thiophene rings is 1. The molecule has 34 heavy (non-hydrogen) atoms. The molecule has 3 amide bonds. The summed E-state index contributed by atoms with van der Waals surface area (Å²) in [6, 6.07) is 18.9. The number of methoxy groups -OCH3 is 1. The molecule has 0 fully saturated rings. The van der Waals surface area contributed by atoms with Crippen molar-refractivity contribution in [1.82, 2.24) is 10.9 Å². The van der Waals surface area contributed by atoms with Gasteiger partial charge in [0.25, 0.3) is 17.7 Å². The first-order valence-corrected chi connectivity index (χ1v) is 11.4. The zero-order chi connectivity index (χ0) is 24.2. The molecule has 0 spiro atoms. The Hall–Kier alpha value is -3.88. The van der Waals surface area contributed by atoms with Crippen LogP contribution in [0.1, 0.15) is 36.0 Å². The van der Waals surface area contributed by atoms with Crippen LogP contribution in [0.4, 0.5) is 5.69 Å². The summed E-state index contributed by atoms with van der Waals surface area (Å²) >= 11 is 7.55. The molecule has 0 aliphatic rings. The van der Waals surface area contributed by atoms with Crippen molar-refractivity contribution in [2.45, 2.75) is 6.92 Å². The van der Waals surface area contributed by atoms with Crippen LogP contribution in [-0.4, -0.2) is 24.8 Å². The molecule has 1 aromatic heterocycles. The van der Waals surface area contributed by atoms with Crippen molar-refractivity contribution >= 4 is 56.4 Å². The first-order valence-electron chi connectivity index (χ1n) is 10.2. The molecule has 0 unspecified atom stereocenters. The second-order valence-corrected chi connectivity index (χ2v) is 8.84. The molecule has 3 aromatic carbocycles. The number of rotatable bonds is 5. The monoisotopic (exact) mass is 493 g/mol. The van der Waals surface area contributed by atoms with E-state index in [4.69, 9.17) is 16.3 Å². The topological polar surface area (TPSA) is 96.5 Å². The van der Waals surface area contributed by atoms with Crippen molar-refractivity contribution in [2.24, 2.45) is 0 Å². The minimum atomic E-state index is -0.527. The molecule has 4 aromatic rings. The zero-order valence-corrected chi connectivity index (χ0v) is 19.8. The van der Waals surface area contributed by atoms with Gasteiger partial charge in [-0.15, -0.1) is 11.3 Å². The molecule has 3 N–H and O–H groups in total. The highest BCUT2D eigenvalue weighted by Gasteiger charge is 2.18. The second-order valence-electron chi connectivity index (χ2n) is 7.41. The summed E-state index contributed by atoms with van der Waals surface area (Å²) in [5.74, 6) is -0.629. The lowest BCUT2D eigenvalue weighted by Gasteiger charge is -2.08. The van der Waals surface area contributed by atoms with Crippen molar-refractivity contribution in [3.05, 3.63) is 93.3 Å². The Morgan fingerprint density at radius 2 is 1.44 bits per heavy atom. The molecule has 0 aliphatic heterocycles. The van der Waals surface area contributed by atoms with Crippen molar-refractivity contribution < 1.29 is 19.1 Å². The van der Waals surface area contributed by atoms with Gasteiger partial charge in [-0.3, -0.25) is 25.2 Å². The number of nitrogens with one attached hydrogen (secondary N) is 3. The van der Waals surface area contributed by atoms with Crippen LogP contribution in [0.5, 0.6) is 5.75 Å². The molecule has 9 heteroatoms. The van der Waals surface area contributed by atoms with Crippen LogP contribution in [0.2, 0.25) is 5.02 Å². The number of halogens is 1. The molecule has 0 saturated carbocycles. The first kappa shape index (κ1) is 23.3. The van der Waals surface area contributed by atoms with Gasteiger partial charge >= 0.3 is 0 Å². The maximum absolute atomic E-state index is 12.6. The largest absolute Gasteiger partial charge is 0.497 e. The lowest BCUT2D eigenvalue weighted by Crippen LogP contribution is -2.41. The van der Waals surface area contributed by atoms with Gasteiger partial charge in [0.15, 0.2) is 0 Å². The van der Waals surface area contributed by atoms with Crippen molar-refractivity contribution in [3.8, 4) is 5.75 Å². The van der Waals surface area contributed by atoms with Crippen LogP contribution in [0, 0.1) is 6.92 Å². The molecular formula is C25H20ClN3O4S. The van der Waals surface area contributed by atoms with E-state index in [1.54, 1.807) is 61.7 Å². The van der Waals surface area contributed by atoms with Gasteiger partial charge in [0.2, 0.25) is 0 Å². The molecule has 7 nitrogen and oxygen atoms in total. The predicted octanol–water partition coefficient (Wildman–Crippen LogP) is 5.20. The molecule has 1 heterocycles. The maximum atomic E-state index is 12.6. The summed E-state index contributed by atoms with van der Waals surface area (Å²) in [4.78, 5) is 37.6. The standard InChI is InChI=1S/C25H20ClN3O4S/c1-14-3-5-15(6-4-14)23(30)27-17-9-7-16(8-10-17)24(31)28-29-25(32)22-21(26)19-12-11-18(33-2)13-20(19)34-22/h3-13H,1-2H3,(H,27,30)(H,28,31)(H,29,32). The Balaban J connectivity index is 1.37. The number of hydrazine groups is 1. The average Bonchev–Trinajstić information content (AvgIpc) is 3.18. The minimum absolute atomic E-state index is 0.248. The average molecular weight is 494 g/mol. The van der Waals surface area contributed by atoms with E-state index in [2.05, 4.69) is 16.2 Å². The van der Waals surface area contributed by atoms with Gasteiger partial charge in [0, 0.05) is 26.9 Å². The molecule has 0 saturated heterocycles. The van der Waals surface area contributed by atoms with Crippen LogP contribution in [0.25, 0.3) is 10.1 Å². The Morgan fingerprint density at radius 1 is 0.824 bits per heavy atom. The minimum Gasteiger partial charge on any atom is -0.497 e. The fourth-order valence-corrected chi connectivity index (χ4v) is 4.61.